The summed E-state index contributed by atoms with van der Waals surface area (Å²) in [4.78, 5) is 21.2. The number of ether oxygens (including phenoxy) is 2. The average Bonchev–Trinajstić information content (AvgIpc) is 2.28. The Labute approximate surface area is 100 Å². The zero-order valence-electron chi connectivity index (χ0n) is 10.0. The van der Waals surface area contributed by atoms with Gasteiger partial charge in [-0.25, -0.2) is 9.59 Å². The van der Waals surface area contributed by atoms with Gasteiger partial charge in [-0.3, -0.25) is 0 Å². The number of urea groups is 1. The van der Waals surface area contributed by atoms with E-state index in [-0.39, 0.29) is 25.8 Å². The number of hydrogen-bond donors (Lipinski definition) is 3. The molecule has 0 aromatic heterocycles. The maximum atomic E-state index is 11.1. The molecule has 0 heterocycles. The normalized spacial score (nSPS) is 9.94. The molecule has 0 atom stereocenters. The Bertz CT molecular complexity index is 223. The third-order valence-electron chi connectivity index (χ3n) is 1.71. The Kier molecular flexibility index (Phi) is 10.3. The fraction of sp³-hybridized carbons (Fsp3) is 0.800. The Balaban J connectivity index is 3.20. The molecule has 7 heteroatoms. The highest BCUT2D eigenvalue weighted by Crippen LogP contribution is 1.80. The molecule has 7 nitrogen and oxygen atoms in total. The van der Waals surface area contributed by atoms with Gasteiger partial charge in [-0.05, 0) is 13.3 Å². The molecule has 0 saturated carbocycles. The fourth-order valence-electron chi connectivity index (χ4n) is 0.979. The third-order valence-corrected chi connectivity index (χ3v) is 1.71. The van der Waals surface area contributed by atoms with E-state index in [1.165, 1.54) is 0 Å². The van der Waals surface area contributed by atoms with E-state index in [1.54, 1.807) is 0 Å². The van der Waals surface area contributed by atoms with Crippen LogP contribution >= 0.6 is 0 Å². The molecule has 0 unspecified atom stereocenters. The van der Waals surface area contributed by atoms with Crippen molar-refractivity contribution in [2.45, 2.75) is 13.3 Å². The predicted molar refractivity (Wildman–Crippen MR) is 61.0 cm³/mol. The van der Waals surface area contributed by atoms with Crippen LogP contribution in [0, 0.1) is 0 Å². The minimum atomic E-state index is -1.02. The summed E-state index contributed by atoms with van der Waals surface area (Å²) in [6.07, 6.45) is 0.761. The van der Waals surface area contributed by atoms with Gasteiger partial charge in [0.15, 0.2) is 0 Å². The molecule has 0 aromatic carbocycles. The highest BCUT2D eigenvalue weighted by atomic mass is 16.5. The second kappa shape index (κ2) is 11.2. The van der Waals surface area contributed by atoms with Crippen LogP contribution in [-0.2, 0) is 14.3 Å². The molecule has 0 aromatic rings. The number of rotatable bonds is 10. The number of amides is 2. The first-order chi connectivity index (χ1) is 8.16. The van der Waals surface area contributed by atoms with E-state index in [2.05, 4.69) is 10.6 Å². The molecule has 0 fully saturated rings. The van der Waals surface area contributed by atoms with Crippen LogP contribution in [-0.4, -0.2) is 56.6 Å². The molecule has 0 aliphatic rings. The first-order valence-corrected chi connectivity index (χ1v) is 5.55. The van der Waals surface area contributed by atoms with Gasteiger partial charge in [-0.1, -0.05) is 0 Å². The summed E-state index contributed by atoms with van der Waals surface area (Å²) < 4.78 is 9.84. The monoisotopic (exact) mass is 248 g/mol. The van der Waals surface area contributed by atoms with Gasteiger partial charge >= 0.3 is 12.0 Å². The van der Waals surface area contributed by atoms with Crippen LogP contribution in [0.4, 0.5) is 4.79 Å². The zero-order chi connectivity index (χ0) is 12.9. The van der Waals surface area contributed by atoms with E-state index < -0.39 is 5.97 Å². The number of nitrogens with one attached hydrogen (secondary N) is 2. The van der Waals surface area contributed by atoms with Gasteiger partial charge < -0.3 is 25.2 Å². The highest BCUT2D eigenvalue weighted by molar-refractivity contribution is 5.73. The molecule has 100 valence electrons. The van der Waals surface area contributed by atoms with Gasteiger partial charge in [-0.15, -0.1) is 0 Å². The lowest BCUT2D eigenvalue weighted by atomic mass is 10.4. The van der Waals surface area contributed by atoms with Crippen molar-refractivity contribution < 1.29 is 24.2 Å². The van der Waals surface area contributed by atoms with Gasteiger partial charge in [0.2, 0.25) is 0 Å². The maximum absolute atomic E-state index is 11.1. The first-order valence-electron chi connectivity index (χ1n) is 5.55. The molecule has 17 heavy (non-hydrogen) atoms. The summed E-state index contributed by atoms with van der Waals surface area (Å²) in [5, 5.41) is 13.5. The SMILES string of the molecule is CCOCCCNC(=O)NCCOCC(=O)O. The molecule has 0 bridgehead atoms. The van der Waals surface area contributed by atoms with Gasteiger partial charge in [0.05, 0.1) is 6.61 Å². The highest BCUT2D eigenvalue weighted by Gasteiger charge is 1.99. The summed E-state index contributed by atoms with van der Waals surface area (Å²) >= 11 is 0. The summed E-state index contributed by atoms with van der Waals surface area (Å²) in [5.74, 6) is -1.02. The summed E-state index contributed by atoms with van der Waals surface area (Å²) in [7, 11) is 0. The second-order valence-electron chi connectivity index (χ2n) is 3.18. The van der Waals surface area contributed by atoms with Crippen molar-refractivity contribution in [3.63, 3.8) is 0 Å². The van der Waals surface area contributed by atoms with Gasteiger partial charge in [0, 0.05) is 26.3 Å². The smallest absolute Gasteiger partial charge is 0.329 e. The lowest BCUT2D eigenvalue weighted by Gasteiger charge is -2.07. The molecule has 0 aliphatic carbocycles. The van der Waals surface area contributed by atoms with Crippen molar-refractivity contribution >= 4 is 12.0 Å². The number of carboxylic acids is 1. The third kappa shape index (κ3) is 12.6. The minimum Gasteiger partial charge on any atom is -0.480 e. The lowest BCUT2D eigenvalue weighted by molar-refractivity contribution is -0.142. The molecule has 0 aliphatic heterocycles. The lowest BCUT2D eigenvalue weighted by Crippen LogP contribution is -2.38. The van der Waals surface area contributed by atoms with E-state index in [0.29, 0.717) is 19.8 Å². The van der Waals surface area contributed by atoms with E-state index >= 15 is 0 Å². The fourth-order valence-corrected chi connectivity index (χ4v) is 0.979. The molecular weight excluding hydrogens is 228 g/mol. The first kappa shape index (κ1) is 15.7. The summed E-state index contributed by atoms with van der Waals surface area (Å²) in [5.41, 5.74) is 0. The molecule has 0 rings (SSSR count). The zero-order valence-corrected chi connectivity index (χ0v) is 10.0. The van der Waals surface area contributed by atoms with Crippen molar-refractivity contribution in [3.05, 3.63) is 0 Å². The van der Waals surface area contributed by atoms with Crippen LogP contribution < -0.4 is 10.6 Å². The van der Waals surface area contributed by atoms with Crippen molar-refractivity contribution in [3.8, 4) is 0 Å². The Morgan fingerprint density at radius 3 is 2.47 bits per heavy atom. The molecule has 0 spiro atoms. The van der Waals surface area contributed by atoms with Crippen LogP contribution in [0.15, 0.2) is 0 Å². The minimum absolute atomic E-state index is 0.179. The van der Waals surface area contributed by atoms with E-state index in [9.17, 15) is 9.59 Å². The van der Waals surface area contributed by atoms with E-state index in [0.717, 1.165) is 6.42 Å². The quantitative estimate of drug-likeness (QED) is 0.466. The molecule has 3 N–H and O–H groups in total. The van der Waals surface area contributed by atoms with Gasteiger partial charge in [-0.2, -0.15) is 0 Å². The number of carbonyl (C=O) groups excluding carboxylic acids is 1. The standard InChI is InChI=1S/C10H20N2O5/c1-2-16-6-3-4-11-10(15)12-5-7-17-8-9(13)14/h2-8H2,1H3,(H,13,14)(H2,11,12,15). The predicted octanol–water partition coefficient (Wildman–Crippen LogP) is -0.187. The van der Waals surface area contributed by atoms with Crippen molar-refractivity contribution in [2.75, 3.05) is 39.5 Å². The van der Waals surface area contributed by atoms with Gasteiger partial charge in [0.25, 0.3) is 0 Å². The van der Waals surface area contributed by atoms with Crippen molar-refractivity contribution in [1.82, 2.24) is 10.6 Å². The van der Waals surface area contributed by atoms with E-state index in [4.69, 9.17) is 14.6 Å². The Hall–Kier alpha value is -1.34. The largest absolute Gasteiger partial charge is 0.480 e. The summed E-state index contributed by atoms with van der Waals surface area (Å²) in [6, 6.07) is -0.291. The number of carboxylic acid groups (broad SMARTS) is 1. The molecular formula is C10H20N2O5. The Morgan fingerprint density at radius 2 is 1.82 bits per heavy atom. The van der Waals surface area contributed by atoms with Crippen LogP contribution in [0.1, 0.15) is 13.3 Å². The maximum Gasteiger partial charge on any atom is 0.329 e. The number of hydrogen-bond acceptors (Lipinski definition) is 4. The molecule has 0 radical (unpaired) electrons. The Morgan fingerprint density at radius 1 is 1.12 bits per heavy atom. The van der Waals surface area contributed by atoms with Crippen LogP contribution in [0.2, 0.25) is 0 Å². The number of aliphatic carboxylic acids is 1. The van der Waals surface area contributed by atoms with Crippen molar-refractivity contribution in [2.24, 2.45) is 0 Å². The second-order valence-corrected chi connectivity index (χ2v) is 3.18. The number of carbonyl (C=O) groups is 2. The van der Waals surface area contributed by atoms with Gasteiger partial charge in [0.1, 0.15) is 6.61 Å². The van der Waals surface area contributed by atoms with Crippen molar-refractivity contribution in [1.29, 1.82) is 0 Å². The van der Waals surface area contributed by atoms with Crippen LogP contribution in [0.25, 0.3) is 0 Å². The topological polar surface area (TPSA) is 96.9 Å². The van der Waals surface area contributed by atoms with E-state index in [1.807, 2.05) is 6.92 Å². The van der Waals surface area contributed by atoms with Crippen LogP contribution in [0.3, 0.4) is 0 Å². The average molecular weight is 248 g/mol. The van der Waals surface area contributed by atoms with Crippen LogP contribution in [0.5, 0.6) is 0 Å². The summed E-state index contributed by atoms with van der Waals surface area (Å²) in [6.45, 7) is 3.87. The molecule has 0 saturated heterocycles. The molecule has 2 amide bonds.